The van der Waals surface area contributed by atoms with Crippen molar-refractivity contribution in [2.45, 2.75) is 38.6 Å². The van der Waals surface area contributed by atoms with Crippen molar-refractivity contribution in [3.05, 3.63) is 0 Å². The Labute approximate surface area is 92.1 Å². The zero-order chi connectivity index (χ0) is 10.9. The Balaban J connectivity index is 1.86. The lowest BCUT2D eigenvalue weighted by Crippen LogP contribution is -2.42. The summed E-state index contributed by atoms with van der Waals surface area (Å²) in [5.41, 5.74) is -0.322. The standard InChI is InChI=1S/C12H23NO2/c1-12(8-14,9-15)7-13(11-4-5-11)6-10-2-3-10/h10-11,14-15H,2-9H2,1H3. The molecule has 0 heterocycles. The molecule has 2 saturated carbocycles. The molecule has 0 aromatic rings. The highest BCUT2D eigenvalue weighted by atomic mass is 16.3. The molecule has 0 amide bonds. The van der Waals surface area contributed by atoms with Crippen LogP contribution in [0, 0.1) is 11.3 Å². The average molecular weight is 213 g/mol. The van der Waals surface area contributed by atoms with Crippen molar-refractivity contribution in [1.82, 2.24) is 4.90 Å². The maximum atomic E-state index is 9.30. The first-order valence-electron chi connectivity index (χ1n) is 6.13. The van der Waals surface area contributed by atoms with Gasteiger partial charge < -0.3 is 10.2 Å². The van der Waals surface area contributed by atoms with Crippen LogP contribution in [0.2, 0.25) is 0 Å². The third-order valence-corrected chi connectivity index (χ3v) is 3.60. The Morgan fingerprint density at radius 1 is 1.13 bits per heavy atom. The van der Waals surface area contributed by atoms with Gasteiger partial charge in [-0.05, 0) is 31.6 Å². The second-order valence-electron chi connectivity index (χ2n) is 5.73. The summed E-state index contributed by atoms with van der Waals surface area (Å²) < 4.78 is 0. The van der Waals surface area contributed by atoms with Crippen LogP contribution >= 0.6 is 0 Å². The van der Waals surface area contributed by atoms with Gasteiger partial charge in [0, 0.05) is 24.5 Å². The molecule has 2 aliphatic rings. The van der Waals surface area contributed by atoms with Crippen LogP contribution in [0.25, 0.3) is 0 Å². The van der Waals surface area contributed by atoms with Crippen LogP contribution in [0.4, 0.5) is 0 Å². The molecular formula is C12H23NO2. The Hall–Kier alpha value is -0.120. The lowest BCUT2D eigenvalue weighted by atomic mass is 9.92. The molecule has 0 bridgehead atoms. The summed E-state index contributed by atoms with van der Waals surface area (Å²) >= 11 is 0. The third kappa shape index (κ3) is 3.16. The summed E-state index contributed by atoms with van der Waals surface area (Å²) in [6.07, 6.45) is 5.36. The molecule has 3 nitrogen and oxygen atoms in total. The van der Waals surface area contributed by atoms with Crippen molar-refractivity contribution < 1.29 is 10.2 Å². The molecule has 2 N–H and O–H groups in total. The van der Waals surface area contributed by atoms with Gasteiger partial charge in [0.15, 0.2) is 0 Å². The molecule has 2 rings (SSSR count). The Kier molecular flexibility index (Phi) is 3.33. The van der Waals surface area contributed by atoms with Crippen molar-refractivity contribution in [2.75, 3.05) is 26.3 Å². The molecule has 2 aliphatic carbocycles. The molecule has 0 atom stereocenters. The molecule has 0 radical (unpaired) electrons. The van der Waals surface area contributed by atoms with Crippen LogP contribution in [0.5, 0.6) is 0 Å². The monoisotopic (exact) mass is 213 g/mol. The minimum Gasteiger partial charge on any atom is -0.396 e. The summed E-state index contributed by atoms with van der Waals surface area (Å²) in [6, 6.07) is 0.739. The largest absolute Gasteiger partial charge is 0.396 e. The third-order valence-electron chi connectivity index (χ3n) is 3.60. The van der Waals surface area contributed by atoms with E-state index in [2.05, 4.69) is 4.90 Å². The predicted octanol–water partition coefficient (Wildman–Crippen LogP) is 0.852. The molecule has 2 fully saturated rings. The number of hydrogen-bond donors (Lipinski definition) is 2. The van der Waals surface area contributed by atoms with E-state index in [-0.39, 0.29) is 18.6 Å². The topological polar surface area (TPSA) is 43.7 Å². The minimum absolute atomic E-state index is 0.0807. The first-order valence-corrected chi connectivity index (χ1v) is 6.13. The SMILES string of the molecule is CC(CO)(CO)CN(CC1CC1)C1CC1. The smallest absolute Gasteiger partial charge is 0.0519 e. The maximum Gasteiger partial charge on any atom is 0.0519 e. The average Bonchev–Trinajstić information content (AvgIpc) is 3.07. The zero-order valence-corrected chi connectivity index (χ0v) is 9.65. The molecule has 15 heavy (non-hydrogen) atoms. The Bertz CT molecular complexity index is 208. The highest BCUT2D eigenvalue weighted by Crippen LogP contribution is 2.36. The van der Waals surface area contributed by atoms with E-state index in [1.54, 1.807) is 0 Å². The highest BCUT2D eigenvalue weighted by molar-refractivity contribution is 4.91. The van der Waals surface area contributed by atoms with E-state index in [9.17, 15) is 10.2 Å². The summed E-state index contributed by atoms with van der Waals surface area (Å²) in [7, 11) is 0. The van der Waals surface area contributed by atoms with Gasteiger partial charge in [-0.1, -0.05) is 6.92 Å². The number of rotatable bonds is 7. The van der Waals surface area contributed by atoms with E-state index in [0.29, 0.717) is 0 Å². The van der Waals surface area contributed by atoms with E-state index in [1.165, 1.54) is 32.2 Å². The van der Waals surface area contributed by atoms with Crippen LogP contribution in [0.15, 0.2) is 0 Å². The fraction of sp³-hybridized carbons (Fsp3) is 1.00. The summed E-state index contributed by atoms with van der Waals surface area (Å²) in [4.78, 5) is 2.49. The van der Waals surface area contributed by atoms with Gasteiger partial charge in [0.1, 0.15) is 0 Å². The quantitative estimate of drug-likeness (QED) is 0.659. The summed E-state index contributed by atoms with van der Waals surface area (Å²) in [5.74, 6) is 0.896. The van der Waals surface area contributed by atoms with Gasteiger partial charge in [-0.2, -0.15) is 0 Å². The number of aliphatic hydroxyl groups excluding tert-OH is 2. The first-order chi connectivity index (χ1) is 7.17. The van der Waals surface area contributed by atoms with Gasteiger partial charge in [0.25, 0.3) is 0 Å². The van der Waals surface area contributed by atoms with Crippen LogP contribution < -0.4 is 0 Å². The van der Waals surface area contributed by atoms with Crippen molar-refractivity contribution in [3.8, 4) is 0 Å². The molecule has 0 saturated heterocycles. The van der Waals surface area contributed by atoms with Gasteiger partial charge in [-0.3, -0.25) is 4.90 Å². The second kappa shape index (κ2) is 4.40. The van der Waals surface area contributed by atoms with Crippen molar-refractivity contribution >= 4 is 0 Å². The fourth-order valence-corrected chi connectivity index (χ4v) is 2.05. The predicted molar refractivity (Wildman–Crippen MR) is 59.6 cm³/mol. The van der Waals surface area contributed by atoms with Gasteiger partial charge in [0.05, 0.1) is 13.2 Å². The molecule has 0 unspecified atom stereocenters. The lowest BCUT2D eigenvalue weighted by Gasteiger charge is -2.33. The Morgan fingerprint density at radius 3 is 2.13 bits per heavy atom. The van der Waals surface area contributed by atoms with E-state index in [4.69, 9.17) is 0 Å². The van der Waals surface area contributed by atoms with Crippen molar-refractivity contribution in [2.24, 2.45) is 11.3 Å². The number of hydrogen-bond acceptors (Lipinski definition) is 3. The molecule has 0 spiro atoms. The molecule has 3 heteroatoms. The van der Waals surface area contributed by atoms with Crippen LogP contribution in [0.3, 0.4) is 0 Å². The number of nitrogens with zero attached hydrogens (tertiary/aromatic N) is 1. The molecule has 0 aliphatic heterocycles. The zero-order valence-electron chi connectivity index (χ0n) is 9.65. The van der Waals surface area contributed by atoms with Gasteiger partial charge in [-0.15, -0.1) is 0 Å². The molecule has 88 valence electrons. The number of aliphatic hydroxyl groups is 2. The van der Waals surface area contributed by atoms with E-state index < -0.39 is 0 Å². The second-order valence-corrected chi connectivity index (χ2v) is 5.73. The van der Waals surface area contributed by atoms with Gasteiger partial charge in [-0.25, -0.2) is 0 Å². The summed E-state index contributed by atoms with van der Waals surface area (Å²) in [5, 5.41) is 18.6. The van der Waals surface area contributed by atoms with E-state index >= 15 is 0 Å². The lowest BCUT2D eigenvalue weighted by molar-refractivity contribution is 0.0312. The maximum absolute atomic E-state index is 9.30. The normalized spacial score (nSPS) is 22.4. The van der Waals surface area contributed by atoms with Crippen LogP contribution in [-0.4, -0.2) is 47.5 Å². The van der Waals surface area contributed by atoms with Crippen LogP contribution in [-0.2, 0) is 0 Å². The molecular weight excluding hydrogens is 190 g/mol. The fourth-order valence-electron chi connectivity index (χ4n) is 2.05. The van der Waals surface area contributed by atoms with E-state index in [1.807, 2.05) is 6.92 Å². The molecule has 0 aromatic carbocycles. The van der Waals surface area contributed by atoms with Crippen LogP contribution in [0.1, 0.15) is 32.6 Å². The Morgan fingerprint density at radius 2 is 1.73 bits per heavy atom. The minimum atomic E-state index is -0.322. The molecule has 0 aromatic heterocycles. The first kappa shape index (κ1) is 11.4. The van der Waals surface area contributed by atoms with Gasteiger partial charge >= 0.3 is 0 Å². The van der Waals surface area contributed by atoms with E-state index in [0.717, 1.165) is 18.5 Å². The van der Waals surface area contributed by atoms with Gasteiger partial charge in [0.2, 0.25) is 0 Å². The summed E-state index contributed by atoms with van der Waals surface area (Å²) in [6.45, 7) is 4.16. The van der Waals surface area contributed by atoms with Crippen molar-refractivity contribution in [1.29, 1.82) is 0 Å². The highest BCUT2D eigenvalue weighted by Gasteiger charge is 2.37. The van der Waals surface area contributed by atoms with Crippen molar-refractivity contribution in [3.63, 3.8) is 0 Å².